The lowest BCUT2D eigenvalue weighted by Crippen LogP contribution is -2.27. The van der Waals surface area contributed by atoms with Gasteiger partial charge in [-0.3, -0.25) is 4.79 Å². The molecule has 2 rings (SSSR count). The van der Waals surface area contributed by atoms with Crippen molar-refractivity contribution in [1.82, 2.24) is 10.3 Å². The van der Waals surface area contributed by atoms with Crippen LogP contribution in [0.1, 0.15) is 40.4 Å². The number of amides is 1. The maximum atomic E-state index is 12.2. The number of anilines is 1. The van der Waals surface area contributed by atoms with Crippen LogP contribution in [0, 0.1) is 13.8 Å². The van der Waals surface area contributed by atoms with Crippen LogP contribution in [0.3, 0.4) is 0 Å². The molecular formula is C14H16ClN3O2. The standard InChI is InChI=1S/C14H16ClN3O2/c1-7-4-10(9(3)20-7)8(2)18-14(19)11-5-13(16)17-6-12(11)15/h4-6,8H,1-3H3,(H2,16,17)(H,18,19). The lowest BCUT2D eigenvalue weighted by Gasteiger charge is -2.14. The van der Waals surface area contributed by atoms with Crippen molar-refractivity contribution in [3.63, 3.8) is 0 Å². The maximum absolute atomic E-state index is 12.2. The number of nitrogens with two attached hydrogens (primary N) is 1. The molecule has 0 aliphatic heterocycles. The van der Waals surface area contributed by atoms with Gasteiger partial charge in [0, 0.05) is 11.8 Å². The highest BCUT2D eigenvalue weighted by molar-refractivity contribution is 6.33. The molecule has 0 aliphatic carbocycles. The Morgan fingerprint density at radius 3 is 2.75 bits per heavy atom. The number of halogens is 1. The van der Waals surface area contributed by atoms with Gasteiger partial charge in [-0.25, -0.2) is 4.98 Å². The van der Waals surface area contributed by atoms with Crippen LogP contribution in [-0.2, 0) is 0 Å². The number of hydrogen-bond donors (Lipinski definition) is 2. The Morgan fingerprint density at radius 2 is 2.15 bits per heavy atom. The Hall–Kier alpha value is -2.01. The maximum Gasteiger partial charge on any atom is 0.253 e. The minimum absolute atomic E-state index is 0.189. The van der Waals surface area contributed by atoms with E-state index in [0.717, 1.165) is 17.1 Å². The molecule has 0 bridgehead atoms. The molecule has 1 amide bonds. The molecule has 3 N–H and O–H groups in total. The Kier molecular flexibility index (Phi) is 3.99. The summed E-state index contributed by atoms with van der Waals surface area (Å²) >= 11 is 5.96. The minimum Gasteiger partial charge on any atom is -0.466 e. The van der Waals surface area contributed by atoms with Gasteiger partial charge in [-0.2, -0.15) is 0 Å². The lowest BCUT2D eigenvalue weighted by atomic mass is 10.1. The Labute approximate surface area is 122 Å². The van der Waals surface area contributed by atoms with Crippen LogP contribution in [0.25, 0.3) is 0 Å². The number of nitrogens with one attached hydrogen (secondary N) is 1. The molecule has 5 nitrogen and oxygen atoms in total. The number of nitrogen functional groups attached to an aromatic ring is 1. The zero-order valence-electron chi connectivity index (χ0n) is 11.5. The van der Waals surface area contributed by atoms with Gasteiger partial charge in [-0.1, -0.05) is 11.6 Å². The number of aromatic nitrogens is 1. The van der Waals surface area contributed by atoms with E-state index in [1.807, 2.05) is 26.8 Å². The van der Waals surface area contributed by atoms with E-state index in [9.17, 15) is 4.79 Å². The fourth-order valence-corrected chi connectivity index (χ4v) is 2.25. The first-order valence-electron chi connectivity index (χ1n) is 6.17. The van der Waals surface area contributed by atoms with Crippen LogP contribution in [0.4, 0.5) is 5.82 Å². The minimum atomic E-state index is -0.296. The van der Waals surface area contributed by atoms with Crippen molar-refractivity contribution in [3.8, 4) is 0 Å². The molecule has 0 saturated heterocycles. The largest absolute Gasteiger partial charge is 0.466 e. The quantitative estimate of drug-likeness (QED) is 0.911. The Morgan fingerprint density at radius 1 is 1.45 bits per heavy atom. The predicted octanol–water partition coefficient (Wildman–Crippen LogP) is 3.02. The third-order valence-electron chi connectivity index (χ3n) is 3.01. The van der Waals surface area contributed by atoms with Gasteiger partial charge in [-0.05, 0) is 32.9 Å². The van der Waals surface area contributed by atoms with Gasteiger partial charge in [0.25, 0.3) is 5.91 Å². The second kappa shape index (κ2) is 5.54. The van der Waals surface area contributed by atoms with Gasteiger partial charge < -0.3 is 15.5 Å². The third kappa shape index (κ3) is 2.93. The monoisotopic (exact) mass is 293 g/mol. The molecule has 6 heteroatoms. The molecule has 20 heavy (non-hydrogen) atoms. The average Bonchev–Trinajstić information content (AvgIpc) is 2.71. The van der Waals surface area contributed by atoms with Crippen molar-refractivity contribution in [2.75, 3.05) is 5.73 Å². The highest BCUT2D eigenvalue weighted by Gasteiger charge is 2.18. The first-order chi connectivity index (χ1) is 9.38. The SMILES string of the molecule is Cc1cc(C(C)NC(=O)c2cc(N)ncc2Cl)c(C)o1. The molecule has 2 heterocycles. The van der Waals surface area contributed by atoms with E-state index in [1.165, 1.54) is 12.3 Å². The van der Waals surface area contributed by atoms with Crippen molar-refractivity contribution in [1.29, 1.82) is 0 Å². The summed E-state index contributed by atoms with van der Waals surface area (Å²) in [5, 5.41) is 3.14. The summed E-state index contributed by atoms with van der Waals surface area (Å²) in [6.45, 7) is 5.61. The summed E-state index contributed by atoms with van der Waals surface area (Å²) in [4.78, 5) is 16.0. The molecule has 106 valence electrons. The second-order valence-electron chi connectivity index (χ2n) is 4.65. The fraction of sp³-hybridized carbons (Fsp3) is 0.286. The first-order valence-corrected chi connectivity index (χ1v) is 6.55. The van der Waals surface area contributed by atoms with E-state index < -0.39 is 0 Å². The summed E-state index contributed by atoms with van der Waals surface area (Å²) in [5.41, 5.74) is 6.82. The van der Waals surface area contributed by atoms with Crippen LogP contribution in [0.2, 0.25) is 5.02 Å². The molecule has 0 spiro atoms. The number of nitrogens with zero attached hydrogens (tertiary/aromatic N) is 1. The average molecular weight is 294 g/mol. The molecule has 0 aromatic carbocycles. The number of aryl methyl sites for hydroxylation is 2. The second-order valence-corrected chi connectivity index (χ2v) is 5.06. The highest BCUT2D eigenvalue weighted by Crippen LogP contribution is 2.23. The summed E-state index contributed by atoms with van der Waals surface area (Å²) in [6.07, 6.45) is 1.36. The Balaban J connectivity index is 2.19. The zero-order valence-corrected chi connectivity index (χ0v) is 12.3. The van der Waals surface area contributed by atoms with Gasteiger partial charge in [0.15, 0.2) is 0 Å². The number of hydrogen-bond acceptors (Lipinski definition) is 4. The third-order valence-corrected chi connectivity index (χ3v) is 3.32. The number of rotatable bonds is 3. The molecule has 1 atom stereocenters. The van der Waals surface area contributed by atoms with Crippen LogP contribution in [0.15, 0.2) is 22.7 Å². The van der Waals surface area contributed by atoms with E-state index in [2.05, 4.69) is 10.3 Å². The van der Waals surface area contributed by atoms with Gasteiger partial charge in [-0.15, -0.1) is 0 Å². The van der Waals surface area contributed by atoms with Crippen LogP contribution >= 0.6 is 11.6 Å². The zero-order chi connectivity index (χ0) is 14.9. The van der Waals surface area contributed by atoms with E-state index in [1.54, 1.807) is 0 Å². The van der Waals surface area contributed by atoms with Gasteiger partial charge in [0.1, 0.15) is 17.3 Å². The van der Waals surface area contributed by atoms with Crippen LogP contribution in [-0.4, -0.2) is 10.9 Å². The van der Waals surface area contributed by atoms with Gasteiger partial charge >= 0.3 is 0 Å². The summed E-state index contributed by atoms with van der Waals surface area (Å²) in [6, 6.07) is 3.17. The van der Waals surface area contributed by atoms with Crippen molar-refractivity contribution in [2.45, 2.75) is 26.8 Å². The summed E-state index contributed by atoms with van der Waals surface area (Å²) in [5.74, 6) is 1.55. The van der Waals surface area contributed by atoms with Crippen LogP contribution < -0.4 is 11.1 Å². The van der Waals surface area contributed by atoms with Crippen molar-refractivity contribution < 1.29 is 9.21 Å². The molecule has 2 aromatic heterocycles. The van der Waals surface area contributed by atoms with Gasteiger partial charge in [0.05, 0.1) is 16.6 Å². The van der Waals surface area contributed by atoms with E-state index >= 15 is 0 Å². The number of carbonyl (C=O) groups is 1. The van der Waals surface area contributed by atoms with Crippen molar-refractivity contribution >= 4 is 23.3 Å². The fourth-order valence-electron chi connectivity index (χ4n) is 2.06. The van der Waals surface area contributed by atoms with Crippen molar-refractivity contribution in [3.05, 3.63) is 46.0 Å². The lowest BCUT2D eigenvalue weighted by molar-refractivity contribution is 0.0940. The molecule has 2 aromatic rings. The number of carbonyl (C=O) groups excluding carboxylic acids is 1. The van der Waals surface area contributed by atoms with Crippen molar-refractivity contribution in [2.24, 2.45) is 0 Å². The smallest absolute Gasteiger partial charge is 0.253 e. The van der Waals surface area contributed by atoms with E-state index in [-0.39, 0.29) is 22.8 Å². The summed E-state index contributed by atoms with van der Waals surface area (Å²) < 4.78 is 5.46. The molecule has 0 fully saturated rings. The van der Waals surface area contributed by atoms with E-state index in [0.29, 0.717) is 5.56 Å². The normalized spacial score (nSPS) is 12.2. The Bertz CT molecular complexity index is 652. The van der Waals surface area contributed by atoms with Gasteiger partial charge in [0.2, 0.25) is 0 Å². The van der Waals surface area contributed by atoms with Crippen LogP contribution in [0.5, 0.6) is 0 Å². The highest BCUT2D eigenvalue weighted by atomic mass is 35.5. The molecular weight excluding hydrogens is 278 g/mol. The molecule has 1 unspecified atom stereocenters. The first kappa shape index (κ1) is 14.4. The number of pyridine rings is 1. The molecule has 0 aliphatic rings. The predicted molar refractivity (Wildman–Crippen MR) is 77.7 cm³/mol. The van der Waals surface area contributed by atoms with E-state index in [4.69, 9.17) is 21.8 Å². The topological polar surface area (TPSA) is 81.2 Å². The molecule has 0 saturated carbocycles. The summed E-state index contributed by atoms with van der Waals surface area (Å²) in [7, 11) is 0. The molecule has 0 radical (unpaired) electrons. The number of furan rings is 1.